The highest BCUT2D eigenvalue weighted by molar-refractivity contribution is 9.10. The van der Waals surface area contributed by atoms with Crippen molar-refractivity contribution in [3.05, 3.63) is 28.2 Å². The first-order chi connectivity index (χ1) is 8.00. The quantitative estimate of drug-likeness (QED) is 0.777. The van der Waals surface area contributed by atoms with Gasteiger partial charge in [0.1, 0.15) is 5.75 Å². The number of para-hydroxylation sites is 1. The molecule has 0 fully saturated rings. The number of carbonyl (C=O) groups is 1. The topological polar surface area (TPSA) is 61.4 Å². The molecule has 1 aromatic carbocycles. The summed E-state index contributed by atoms with van der Waals surface area (Å²) in [7, 11) is 0. The minimum Gasteiger partial charge on any atom is -0.506 e. The number of carbonyl (C=O) groups excluding carboxylic acids is 1. The lowest BCUT2D eigenvalue weighted by Gasteiger charge is -2.10. The molecule has 0 saturated heterocycles. The number of amides is 1. The number of aromatic hydroxyl groups is 1. The molecule has 3 N–H and O–H groups in total. The molecular weight excluding hydrogens is 284 g/mol. The van der Waals surface area contributed by atoms with Gasteiger partial charge in [0.25, 0.3) is 0 Å². The molecule has 17 heavy (non-hydrogen) atoms. The van der Waals surface area contributed by atoms with Crippen LogP contribution in [0.2, 0.25) is 0 Å². The van der Waals surface area contributed by atoms with Crippen LogP contribution < -0.4 is 10.6 Å². The first-order valence-corrected chi connectivity index (χ1v) is 6.26. The first kappa shape index (κ1) is 14.0. The van der Waals surface area contributed by atoms with E-state index in [-0.39, 0.29) is 24.2 Å². The summed E-state index contributed by atoms with van der Waals surface area (Å²) >= 11 is 3.24. The molecule has 0 saturated carbocycles. The van der Waals surface area contributed by atoms with Gasteiger partial charge in [-0.15, -0.1) is 0 Å². The van der Waals surface area contributed by atoms with Crippen molar-refractivity contribution in [2.45, 2.75) is 26.4 Å². The molecule has 0 aromatic heterocycles. The largest absolute Gasteiger partial charge is 0.506 e. The van der Waals surface area contributed by atoms with Crippen molar-refractivity contribution in [2.24, 2.45) is 0 Å². The van der Waals surface area contributed by atoms with Gasteiger partial charge in [-0.05, 0) is 35.8 Å². The summed E-state index contributed by atoms with van der Waals surface area (Å²) < 4.78 is 0.656. The molecular formula is C12H17BrN2O2. The summed E-state index contributed by atoms with van der Waals surface area (Å²) in [5.74, 6) is 0.166. The monoisotopic (exact) mass is 300 g/mol. The maximum absolute atomic E-state index is 11.4. The van der Waals surface area contributed by atoms with Crippen molar-refractivity contribution in [1.82, 2.24) is 10.6 Å². The van der Waals surface area contributed by atoms with E-state index >= 15 is 0 Å². The molecule has 1 amide bonds. The van der Waals surface area contributed by atoms with Crippen LogP contribution in [0.1, 0.15) is 19.4 Å². The second kappa shape index (κ2) is 6.61. The third kappa shape index (κ3) is 4.75. The SMILES string of the molecule is CC(C)NC(=O)CNCc1cccc(Br)c1O. The number of benzene rings is 1. The minimum absolute atomic E-state index is 0.0468. The predicted octanol–water partition coefficient (Wildman–Crippen LogP) is 1.77. The smallest absolute Gasteiger partial charge is 0.234 e. The van der Waals surface area contributed by atoms with Crippen LogP contribution in [0.15, 0.2) is 22.7 Å². The van der Waals surface area contributed by atoms with E-state index in [9.17, 15) is 9.90 Å². The molecule has 0 bridgehead atoms. The summed E-state index contributed by atoms with van der Waals surface area (Å²) in [6.07, 6.45) is 0. The highest BCUT2D eigenvalue weighted by Gasteiger charge is 2.06. The number of hydrogen-bond acceptors (Lipinski definition) is 3. The van der Waals surface area contributed by atoms with E-state index in [1.54, 1.807) is 6.07 Å². The lowest BCUT2D eigenvalue weighted by Crippen LogP contribution is -2.37. The van der Waals surface area contributed by atoms with Gasteiger partial charge in [-0.3, -0.25) is 4.79 Å². The number of phenolic OH excluding ortho intramolecular Hbond substituents is 1. The van der Waals surface area contributed by atoms with Crippen molar-refractivity contribution in [2.75, 3.05) is 6.54 Å². The average molecular weight is 301 g/mol. The van der Waals surface area contributed by atoms with E-state index in [0.717, 1.165) is 5.56 Å². The van der Waals surface area contributed by atoms with Crippen molar-refractivity contribution < 1.29 is 9.90 Å². The van der Waals surface area contributed by atoms with Gasteiger partial charge < -0.3 is 15.7 Å². The van der Waals surface area contributed by atoms with E-state index in [2.05, 4.69) is 26.6 Å². The Hall–Kier alpha value is -1.07. The molecule has 0 heterocycles. The molecule has 0 aliphatic carbocycles. The molecule has 0 unspecified atom stereocenters. The minimum atomic E-state index is -0.0468. The van der Waals surface area contributed by atoms with Gasteiger partial charge in [-0.2, -0.15) is 0 Å². The molecule has 0 radical (unpaired) electrons. The molecule has 0 atom stereocenters. The van der Waals surface area contributed by atoms with Crippen molar-refractivity contribution in [1.29, 1.82) is 0 Å². The summed E-state index contributed by atoms with van der Waals surface area (Å²) in [6.45, 7) is 4.52. The van der Waals surface area contributed by atoms with Crippen LogP contribution in [0, 0.1) is 0 Å². The van der Waals surface area contributed by atoms with Crippen LogP contribution in [0.4, 0.5) is 0 Å². The van der Waals surface area contributed by atoms with Crippen molar-refractivity contribution in [3.63, 3.8) is 0 Å². The van der Waals surface area contributed by atoms with E-state index in [4.69, 9.17) is 0 Å². The summed E-state index contributed by atoms with van der Waals surface area (Å²) in [6, 6.07) is 5.57. The fourth-order valence-corrected chi connectivity index (χ4v) is 1.79. The van der Waals surface area contributed by atoms with Gasteiger partial charge in [0.2, 0.25) is 5.91 Å². The number of hydrogen-bond donors (Lipinski definition) is 3. The highest BCUT2D eigenvalue weighted by Crippen LogP contribution is 2.26. The van der Waals surface area contributed by atoms with Crippen LogP contribution in [0.3, 0.4) is 0 Å². The summed E-state index contributed by atoms with van der Waals surface area (Å²) in [5, 5.41) is 15.5. The summed E-state index contributed by atoms with van der Waals surface area (Å²) in [4.78, 5) is 11.4. The number of nitrogens with one attached hydrogen (secondary N) is 2. The molecule has 4 nitrogen and oxygen atoms in total. The first-order valence-electron chi connectivity index (χ1n) is 5.47. The van der Waals surface area contributed by atoms with E-state index in [0.29, 0.717) is 11.0 Å². The second-order valence-electron chi connectivity index (χ2n) is 4.07. The van der Waals surface area contributed by atoms with Crippen molar-refractivity contribution in [3.8, 4) is 5.75 Å². The zero-order valence-corrected chi connectivity index (χ0v) is 11.5. The van der Waals surface area contributed by atoms with Gasteiger partial charge in [-0.1, -0.05) is 12.1 Å². The van der Waals surface area contributed by atoms with Gasteiger partial charge in [0, 0.05) is 18.2 Å². The Labute approximate surface area is 110 Å². The van der Waals surface area contributed by atoms with Gasteiger partial charge >= 0.3 is 0 Å². The molecule has 1 aromatic rings. The third-order valence-corrected chi connectivity index (χ3v) is 2.76. The van der Waals surface area contributed by atoms with Crippen LogP contribution in [-0.4, -0.2) is 23.6 Å². The third-order valence-electron chi connectivity index (χ3n) is 2.12. The lowest BCUT2D eigenvalue weighted by molar-refractivity contribution is -0.120. The Morgan fingerprint density at radius 1 is 1.47 bits per heavy atom. The van der Waals surface area contributed by atoms with Crippen molar-refractivity contribution >= 4 is 21.8 Å². The maximum Gasteiger partial charge on any atom is 0.234 e. The Morgan fingerprint density at radius 2 is 2.18 bits per heavy atom. The van der Waals surface area contributed by atoms with Gasteiger partial charge in [0.15, 0.2) is 0 Å². The average Bonchev–Trinajstić information content (AvgIpc) is 2.23. The normalized spacial score (nSPS) is 10.6. The maximum atomic E-state index is 11.4. The fraction of sp³-hybridized carbons (Fsp3) is 0.417. The van der Waals surface area contributed by atoms with E-state index in [1.165, 1.54) is 0 Å². The molecule has 0 aliphatic heterocycles. The number of halogens is 1. The summed E-state index contributed by atoms with van der Waals surface area (Å²) in [5.41, 5.74) is 0.761. The van der Waals surface area contributed by atoms with Crippen LogP contribution in [-0.2, 0) is 11.3 Å². The molecule has 5 heteroatoms. The molecule has 1 rings (SSSR count). The van der Waals surface area contributed by atoms with Gasteiger partial charge in [0.05, 0.1) is 11.0 Å². The van der Waals surface area contributed by atoms with E-state index < -0.39 is 0 Å². The zero-order chi connectivity index (χ0) is 12.8. The molecule has 0 spiro atoms. The highest BCUT2D eigenvalue weighted by atomic mass is 79.9. The fourth-order valence-electron chi connectivity index (χ4n) is 1.39. The standard InChI is InChI=1S/C12H17BrN2O2/c1-8(2)15-11(16)7-14-6-9-4-3-5-10(13)12(9)17/h3-5,8,14,17H,6-7H2,1-2H3,(H,15,16). The zero-order valence-electron chi connectivity index (χ0n) is 9.96. The van der Waals surface area contributed by atoms with Crippen LogP contribution in [0.5, 0.6) is 5.75 Å². The van der Waals surface area contributed by atoms with Crippen LogP contribution >= 0.6 is 15.9 Å². The Morgan fingerprint density at radius 3 is 2.82 bits per heavy atom. The Balaban J connectivity index is 2.41. The molecule has 0 aliphatic rings. The van der Waals surface area contributed by atoms with Crippen LogP contribution in [0.25, 0.3) is 0 Å². The number of phenols is 1. The predicted molar refractivity (Wildman–Crippen MR) is 70.8 cm³/mol. The number of rotatable bonds is 5. The second-order valence-corrected chi connectivity index (χ2v) is 4.93. The van der Waals surface area contributed by atoms with E-state index in [1.807, 2.05) is 26.0 Å². The Kier molecular flexibility index (Phi) is 5.44. The molecule has 94 valence electrons. The van der Waals surface area contributed by atoms with Gasteiger partial charge in [-0.25, -0.2) is 0 Å². The Bertz CT molecular complexity index is 394. The lowest BCUT2D eigenvalue weighted by atomic mass is 10.2.